The number of hydrogen-bond acceptors (Lipinski definition) is 4. The topological polar surface area (TPSA) is 51.8 Å². The van der Waals surface area contributed by atoms with Crippen LogP contribution in [0, 0.1) is 20.8 Å². The van der Waals surface area contributed by atoms with Gasteiger partial charge in [0.2, 0.25) is 0 Å². The zero-order valence-electron chi connectivity index (χ0n) is 12.3. The van der Waals surface area contributed by atoms with Gasteiger partial charge >= 0.3 is 0 Å². The molecule has 20 heavy (non-hydrogen) atoms. The van der Waals surface area contributed by atoms with Crippen LogP contribution in [0.2, 0.25) is 0 Å². The molecule has 2 aromatic rings. The molecule has 0 bridgehead atoms. The lowest BCUT2D eigenvalue weighted by Gasteiger charge is -2.16. The van der Waals surface area contributed by atoms with Crippen molar-refractivity contribution < 1.29 is 0 Å². The molecule has 1 aromatic heterocycles. The van der Waals surface area contributed by atoms with Crippen molar-refractivity contribution in [2.75, 3.05) is 6.54 Å². The van der Waals surface area contributed by atoms with Gasteiger partial charge in [-0.25, -0.2) is 9.97 Å². The minimum atomic E-state index is 0.308. The summed E-state index contributed by atoms with van der Waals surface area (Å²) in [5, 5.41) is 1.15. The van der Waals surface area contributed by atoms with E-state index in [0.29, 0.717) is 11.8 Å². The summed E-state index contributed by atoms with van der Waals surface area (Å²) in [6, 6.07) is 10.4. The Labute approximate surface area is 125 Å². The van der Waals surface area contributed by atoms with Crippen LogP contribution in [0.5, 0.6) is 0 Å². The molecule has 0 saturated carbocycles. The van der Waals surface area contributed by atoms with Gasteiger partial charge in [0.15, 0.2) is 5.16 Å². The van der Waals surface area contributed by atoms with E-state index >= 15 is 0 Å². The molecule has 1 unspecified atom stereocenters. The number of nitrogens with two attached hydrogens (primary N) is 1. The van der Waals surface area contributed by atoms with E-state index in [2.05, 4.69) is 41.2 Å². The Balaban J connectivity index is 2.25. The largest absolute Gasteiger partial charge is 0.330 e. The summed E-state index contributed by atoms with van der Waals surface area (Å²) in [5.74, 6) is 0. The maximum Gasteiger partial charge on any atom is 0.188 e. The van der Waals surface area contributed by atoms with Crippen molar-refractivity contribution in [3.05, 3.63) is 52.8 Å². The van der Waals surface area contributed by atoms with Crippen LogP contribution in [0.15, 0.2) is 35.5 Å². The van der Waals surface area contributed by atoms with Crippen LogP contribution < -0.4 is 5.73 Å². The second-order valence-electron chi connectivity index (χ2n) is 4.90. The molecular weight excluding hydrogens is 266 g/mol. The summed E-state index contributed by atoms with van der Waals surface area (Å²) in [5.41, 5.74) is 10.3. The minimum absolute atomic E-state index is 0.308. The van der Waals surface area contributed by atoms with Gasteiger partial charge in [-0.05, 0) is 44.9 Å². The second kappa shape index (κ2) is 6.86. The van der Waals surface area contributed by atoms with Crippen molar-refractivity contribution in [3.8, 4) is 0 Å². The zero-order valence-corrected chi connectivity index (χ0v) is 13.1. The van der Waals surface area contributed by atoms with E-state index in [0.717, 1.165) is 23.0 Å². The smallest absolute Gasteiger partial charge is 0.188 e. The van der Waals surface area contributed by atoms with Crippen molar-refractivity contribution in [2.45, 2.75) is 37.6 Å². The fourth-order valence-corrected chi connectivity index (χ4v) is 3.21. The van der Waals surface area contributed by atoms with Gasteiger partial charge in [-0.15, -0.1) is 0 Å². The van der Waals surface area contributed by atoms with Crippen molar-refractivity contribution in [1.82, 2.24) is 9.97 Å². The first kappa shape index (κ1) is 15.0. The molecule has 106 valence electrons. The third-order valence-electron chi connectivity index (χ3n) is 3.46. The van der Waals surface area contributed by atoms with E-state index in [9.17, 15) is 0 Å². The van der Waals surface area contributed by atoms with Crippen molar-refractivity contribution in [1.29, 1.82) is 0 Å². The van der Waals surface area contributed by atoms with Crippen LogP contribution >= 0.6 is 11.8 Å². The molecule has 0 aliphatic carbocycles. The maximum absolute atomic E-state index is 5.75. The quantitative estimate of drug-likeness (QED) is 0.674. The lowest BCUT2D eigenvalue weighted by Crippen LogP contribution is -2.06. The average molecular weight is 287 g/mol. The first-order valence-electron chi connectivity index (χ1n) is 6.85. The fraction of sp³-hybridized carbons (Fsp3) is 0.375. The Morgan fingerprint density at radius 3 is 2.20 bits per heavy atom. The number of aromatic nitrogens is 2. The average Bonchev–Trinajstić information content (AvgIpc) is 2.45. The van der Waals surface area contributed by atoms with Crippen LogP contribution in [-0.4, -0.2) is 16.5 Å². The Morgan fingerprint density at radius 1 is 1.05 bits per heavy atom. The van der Waals surface area contributed by atoms with E-state index in [1.54, 1.807) is 11.8 Å². The molecule has 0 radical (unpaired) electrons. The third kappa shape index (κ3) is 3.58. The number of aryl methyl sites for hydroxylation is 2. The number of hydrogen-bond donors (Lipinski definition) is 1. The molecule has 0 fully saturated rings. The van der Waals surface area contributed by atoms with Crippen LogP contribution in [0.25, 0.3) is 0 Å². The van der Waals surface area contributed by atoms with Crippen LogP contribution in [0.3, 0.4) is 0 Å². The molecule has 0 aliphatic rings. The van der Waals surface area contributed by atoms with Gasteiger partial charge in [-0.2, -0.15) is 0 Å². The van der Waals surface area contributed by atoms with Crippen molar-refractivity contribution in [2.24, 2.45) is 5.73 Å². The van der Waals surface area contributed by atoms with Gasteiger partial charge in [-0.3, -0.25) is 0 Å². The monoisotopic (exact) mass is 287 g/mol. The van der Waals surface area contributed by atoms with E-state index in [4.69, 9.17) is 5.73 Å². The van der Waals surface area contributed by atoms with Gasteiger partial charge in [0, 0.05) is 16.6 Å². The summed E-state index contributed by atoms with van der Waals surface area (Å²) >= 11 is 1.70. The van der Waals surface area contributed by atoms with Crippen molar-refractivity contribution in [3.63, 3.8) is 0 Å². The number of thioether (sulfide) groups is 1. The molecule has 0 spiro atoms. The highest BCUT2D eigenvalue weighted by Gasteiger charge is 2.15. The molecular formula is C16H21N3S. The summed E-state index contributed by atoms with van der Waals surface area (Å²) in [7, 11) is 0. The lowest BCUT2D eigenvalue weighted by molar-refractivity contribution is 0.801. The molecule has 2 rings (SSSR count). The summed E-state index contributed by atoms with van der Waals surface area (Å²) < 4.78 is 0. The highest BCUT2D eigenvalue weighted by Crippen LogP contribution is 2.36. The predicted molar refractivity (Wildman–Crippen MR) is 85.0 cm³/mol. The lowest BCUT2D eigenvalue weighted by atomic mass is 10.1. The zero-order chi connectivity index (χ0) is 14.5. The normalized spacial score (nSPS) is 12.4. The minimum Gasteiger partial charge on any atom is -0.330 e. The predicted octanol–water partition coefficient (Wildman–Crippen LogP) is 3.58. The first-order valence-corrected chi connectivity index (χ1v) is 7.73. The van der Waals surface area contributed by atoms with E-state index in [1.165, 1.54) is 11.1 Å². The molecule has 0 aliphatic heterocycles. The molecule has 4 heteroatoms. The fourth-order valence-electron chi connectivity index (χ4n) is 2.03. The molecule has 1 heterocycles. The number of nitrogens with zero attached hydrogens (tertiary/aromatic N) is 2. The second-order valence-corrected chi connectivity index (χ2v) is 6.07. The van der Waals surface area contributed by atoms with Crippen LogP contribution in [0.1, 0.15) is 34.2 Å². The molecule has 0 saturated heterocycles. The summed E-state index contributed by atoms with van der Waals surface area (Å²) in [6.07, 6.45) is 0.921. The highest BCUT2D eigenvalue weighted by molar-refractivity contribution is 7.99. The van der Waals surface area contributed by atoms with Gasteiger partial charge in [0.05, 0.1) is 0 Å². The highest BCUT2D eigenvalue weighted by atomic mass is 32.2. The Hall–Kier alpha value is -1.39. The summed E-state index contributed by atoms with van der Waals surface area (Å²) in [4.78, 5) is 9.18. The number of benzene rings is 1. The van der Waals surface area contributed by atoms with Gasteiger partial charge < -0.3 is 5.73 Å². The van der Waals surface area contributed by atoms with Crippen LogP contribution in [-0.2, 0) is 0 Å². The van der Waals surface area contributed by atoms with Crippen molar-refractivity contribution >= 4 is 11.8 Å². The molecule has 3 nitrogen and oxygen atoms in total. The van der Waals surface area contributed by atoms with Gasteiger partial charge in [0.25, 0.3) is 0 Å². The van der Waals surface area contributed by atoms with E-state index in [-0.39, 0.29) is 0 Å². The first-order chi connectivity index (χ1) is 9.61. The number of rotatable bonds is 5. The Kier molecular flexibility index (Phi) is 5.15. The SMILES string of the molecule is Cc1nc(SC(CCN)c2ccccc2)nc(C)c1C. The standard InChI is InChI=1S/C16H21N3S/c1-11-12(2)18-16(19-13(11)3)20-15(9-10-17)14-7-5-4-6-8-14/h4-8,15H,9-10,17H2,1-3H3. The Bertz CT molecular complexity index is 546. The van der Waals surface area contributed by atoms with Gasteiger partial charge in [-0.1, -0.05) is 42.1 Å². The van der Waals surface area contributed by atoms with Gasteiger partial charge in [0.1, 0.15) is 0 Å². The van der Waals surface area contributed by atoms with E-state index < -0.39 is 0 Å². The van der Waals surface area contributed by atoms with Crippen LogP contribution in [0.4, 0.5) is 0 Å². The Morgan fingerprint density at radius 2 is 1.65 bits per heavy atom. The third-order valence-corrected chi connectivity index (χ3v) is 4.65. The maximum atomic E-state index is 5.75. The molecule has 1 aromatic carbocycles. The molecule has 0 amide bonds. The summed E-state index contributed by atoms with van der Waals surface area (Å²) in [6.45, 7) is 6.80. The molecule has 1 atom stereocenters. The van der Waals surface area contributed by atoms with E-state index in [1.807, 2.05) is 19.9 Å². The molecule has 2 N–H and O–H groups in total.